The lowest BCUT2D eigenvalue weighted by atomic mass is 10.1. The number of benzene rings is 1. The van der Waals surface area contributed by atoms with E-state index in [1.807, 2.05) is 0 Å². The van der Waals surface area contributed by atoms with Crippen LogP contribution < -0.4 is 10.6 Å². The molecule has 0 saturated heterocycles. The van der Waals surface area contributed by atoms with Crippen LogP contribution in [-0.4, -0.2) is 34.2 Å². The number of amides is 2. The van der Waals surface area contributed by atoms with Crippen LogP contribution >= 0.6 is 11.6 Å². The van der Waals surface area contributed by atoms with Crippen LogP contribution in [0.25, 0.3) is 0 Å². The van der Waals surface area contributed by atoms with Crippen LogP contribution in [0, 0.1) is 0 Å². The van der Waals surface area contributed by atoms with Crippen molar-refractivity contribution in [1.29, 1.82) is 0 Å². The first kappa shape index (κ1) is 15.3. The first-order chi connectivity index (χ1) is 8.75. The average Bonchev–Trinajstić information content (AvgIpc) is 2.33. The van der Waals surface area contributed by atoms with Crippen molar-refractivity contribution in [2.45, 2.75) is 19.4 Å². The van der Waals surface area contributed by atoms with Crippen molar-refractivity contribution in [2.24, 2.45) is 0 Å². The van der Waals surface area contributed by atoms with E-state index in [1.165, 1.54) is 18.2 Å². The minimum atomic E-state index is -0.959. The maximum Gasteiger partial charge on any atom is 0.313 e. The number of phenols is 1. The van der Waals surface area contributed by atoms with Crippen LogP contribution in [0.2, 0.25) is 5.02 Å². The minimum absolute atomic E-state index is 0.0365. The Morgan fingerprint density at radius 1 is 1.32 bits per heavy atom. The summed E-state index contributed by atoms with van der Waals surface area (Å²) >= 11 is 5.71. The monoisotopic (exact) mass is 286 g/mol. The normalized spacial score (nSPS) is 10.9. The zero-order chi connectivity index (χ0) is 14.6. The van der Waals surface area contributed by atoms with Crippen LogP contribution in [0.3, 0.4) is 0 Å². The van der Waals surface area contributed by atoms with E-state index in [-0.39, 0.29) is 18.0 Å². The summed E-state index contributed by atoms with van der Waals surface area (Å²) in [7, 11) is 0. The van der Waals surface area contributed by atoms with Crippen molar-refractivity contribution in [1.82, 2.24) is 5.32 Å². The Labute approximate surface area is 115 Å². The number of carbonyl (C=O) groups is 2. The van der Waals surface area contributed by atoms with Gasteiger partial charge in [-0.1, -0.05) is 11.6 Å². The summed E-state index contributed by atoms with van der Waals surface area (Å²) in [6, 6.07) is 4.06. The Hall–Kier alpha value is -1.79. The molecule has 2 amide bonds. The molecule has 0 spiro atoms. The lowest BCUT2D eigenvalue weighted by Crippen LogP contribution is -2.50. The highest BCUT2D eigenvalue weighted by Crippen LogP contribution is 2.26. The molecule has 0 aromatic heterocycles. The number of aromatic hydroxyl groups is 1. The van der Waals surface area contributed by atoms with Crippen molar-refractivity contribution in [3.8, 4) is 5.75 Å². The van der Waals surface area contributed by atoms with Crippen LogP contribution in [0.5, 0.6) is 5.75 Å². The topological polar surface area (TPSA) is 98.7 Å². The Balaban J connectivity index is 2.74. The van der Waals surface area contributed by atoms with Crippen LogP contribution in [-0.2, 0) is 9.59 Å². The standard InChI is InChI=1S/C12H15ClN2O4/c1-12(2,6-16)15-11(19)10(18)14-8-5-7(13)3-4-9(8)17/h3-5,16-17H,6H2,1-2H3,(H,14,18)(H,15,19). The first-order valence-corrected chi connectivity index (χ1v) is 5.86. The summed E-state index contributed by atoms with van der Waals surface area (Å²) in [5, 5.41) is 23.4. The molecule has 7 heteroatoms. The fourth-order valence-electron chi connectivity index (χ4n) is 1.19. The van der Waals surface area contributed by atoms with E-state index in [0.29, 0.717) is 5.02 Å². The third kappa shape index (κ3) is 4.42. The number of hydrogen-bond donors (Lipinski definition) is 4. The van der Waals surface area contributed by atoms with Gasteiger partial charge in [-0.3, -0.25) is 9.59 Å². The average molecular weight is 287 g/mol. The van der Waals surface area contributed by atoms with E-state index in [4.69, 9.17) is 16.7 Å². The molecule has 0 atom stereocenters. The number of nitrogens with one attached hydrogen (secondary N) is 2. The highest BCUT2D eigenvalue weighted by Gasteiger charge is 2.24. The number of aliphatic hydroxyl groups excluding tert-OH is 1. The molecule has 6 nitrogen and oxygen atoms in total. The Morgan fingerprint density at radius 2 is 1.95 bits per heavy atom. The highest BCUT2D eigenvalue weighted by atomic mass is 35.5. The molecule has 104 valence electrons. The first-order valence-electron chi connectivity index (χ1n) is 5.48. The maximum absolute atomic E-state index is 11.6. The highest BCUT2D eigenvalue weighted by molar-refractivity contribution is 6.40. The van der Waals surface area contributed by atoms with Crippen molar-refractivity contribution in [3.05, 3.63) is 23.2 Å². The number of hydrogen-bond acceptors (Lipinski definition) is 4. The molecule has 19 heavy (non-hydrogen) atoms. The molecule has 0 fully saturated rings. The number of carbonyl (C=O) groups excluding carboxylic acids is 2. The Morgan fingerprint density at radius 3 is 2.53 bits per heavy atom. The largest absolute Gasteiger partial charge is 0.506 e. The maximum atomic E-state index is 11.6. The molecular formula is C12H15ClN2O4. The number of halogens is 1. The third-order valence-corrected chi connectivity index (χ3v) is 2.50. The molecule has 0 radical (unpaired) electrons. The quantitative estimate of drug-likeness (QED) is 0.489. The second kappa shape index (κ2) is 5.90. The van der Waals surface area contributed by atoms with Gasteiger partial charge in [0.25, 0.3) is 0 Å². The summed E-state index contributed by atoms with van der Waals surface area (Å²) < 4.78 is 0. The smallest absolute Gasteiger partial charge is 0.313 e. The van der Waals surface area contributed by atoms with Crippen LogP contribution in [0.15, 0.2) is 18.2 Å². The lowest BCUT2D eigenvalue weighted by molar-refractivity contribution is -0.137. The predicted octanol–water partition coefficient (Wildman–Crippen LogP) is 0.871. The summed E-state index contributed by atoms with van der Waals surface area (Å²) in [4.78, 5) is 23.2. The van der Waals surface area contributed by atoms with Gasteiger partial charge in [0.2, 0.25) is 0 Å². The van der Waals surface area contributed by atoms with E-state index in [0.717, 1.165) is 0 Å². The fraction of sp³-hybridized carbons (Fsp3) is 0.333. The molecule has 0 heterocycles. The molecule has 1 aromatic carbocycles. The van der Waals surface area contributed by atoms with Crippen molar-refractivity contribution in [3.63, 3.8) is 0 Å². The molecule has 0 aliphatic heterocycles. The van der Waals surface area contributed by atoms with E-state index >= 15 is 0 Å². The Bertz CT molecular complexity index is 503. The molecule has 0 bridgehead atoms. The van der Waals surface area contributed by atoms with E-state index in [9.17, 15) is 14.7 Å². The van der Waals surface area contributed by atoms with Gasteiger partial charge in [-0.15, -0.1) is 0 Å². The van der Waals surface area contributed by atoms with E-state index in [2.05, 4.69) is 10.6 Å². The van der Waals surface area contributed by atoms with Gasteiger partial charge in [0.15, 0.2) is 0 Å². The van der Waals surface area contributed by atoms with Gasteiger partial charge in [-0.25, -0.2) is 0 Å². The number of aliphatic hydroxyl groups is 1. The van der Waals surface area contributed by atoms with E-state index in [1.54, 1.807) is 13.8 Å². The summed E-state index contributed by atoms with van der Waals surface area (Å²) in [5.74, 6) is -2.08. The second-order valence-electron chi connectivity index (χ2n) is 4.61. The van der Waals surface area contributed by atoms with Gasteiger partial charge >= 0.3 is 11.8 Å². The SMILES string of the molecule is CC(C)(CO)NC(=O)C(=O)Nc1cc(Cl)ccc1O. The molecule has 1 rings (SSSR count). The zero-order valence-electron chi connectivity index (χ0n) is 10.5. The summed E-state index contributed by atoms with van der Waals surface area (Å²) in [6.45, 7) is 2.82. The van der Waals surface area contributed by atoms with Crippen molar-refractivity contribution >= 4 is 29.1 Å². The van der Waals surface area contributed by atoms with Crippen LogP contribution in [0.1, 0.15) is 13.8 Å². The summed E-state index contributed by atoms with van der Waals surface area (Å²) in [6.07, 6.45) is 0. The predicted molar refractivity (Wildman–Crippen MR) is 71.1 cm³/mol. The zero-order valence-corrected chi connectivity index (χ0v) is 11.3. The van der Waals surface area contributed by atoms with Crippen LogP contribution in [0.4, 0.5) is 5.69 Å². The van der Waals surface area contributed by atoms with E-state index < -0.39 is 17.4 Å². The second-order valence-corrected chi connectivity index (χ2v) is 5.05. The molecule has 0 unspecified atom stereocenters. The lowest BCUT2D eigenvalue weighted by Gasteiger charge is -2.22. The molecule has 4 N–H and O–H groups in total. The van der Waals surface area contributed by atoms with Crippen molar-refractivity contribution in [2.75, 3.05) is 11.9 Å². The van der Waals surface area contributed by atoms with Gasteiger partial charge in [0.05, 0.1) is 17.8 Å². The number of phenolic OH excluding ortho intramolecular Hbond substituents is 1. The minimum Gasteiger partial charge on any atom is -0.506 e. The van der Waals surface area contributed by atoms with Gasteiger partial charge in [0.1, 0.15) is 5.75 Å². The summed E-state index contributed by atoms with van der Waals surface area (Å²) in [5.41, 5.74) is -0.875. The number of rotatable bonds is 3. The molecule has 0 aliphatic rings. The fourth-order valence-corrected chi connectivity index (χ4v) is 1.36. The van der Waals surface area contributed by atoms with Gasteiger partial charge in [-0.2, -0.15) is 0 Å². The van der Waals surface area contributed by atoms with Crippen molar-refractivity contribution < 1.29 is 19.8 Å². The van der Waals surface area contributed by atoms with Gasteiger partial charge in [-0.05, 0) is 32.0 Å². The molecule has 0 saturated carbocycles. The molecule has 0 aliphatic carbocycles. The van der Waals surface area contributed by atoms with Gasteiger partial charge < -0.3 is 20.8 Å². The molecular weight excluding hydrogens is 272 g/mol. The third-order valence-electron chi connectivity index (χ3n) is 2.26. The Kier molecular flexibility index (Phi) is 4.74. The number of anilines is 1. The van der Waals surface area contributed by atoms with Gasteiger partial charge in [0, 0.05) is 5.02 Å². The molecule has 1 aromatic rings.